The molecule has 8 heteroatoms. The van der Waals surface area contributed by atoms with Crippen molar-refractivity contribution in [2.45, 2.75) is 44.5 Å². The highest BCUT2D eigenvalue weighted by molar-refractivity contribution is 6.33. The zero-order valence-electron chi connectivity index (χ0n) is 23.2. The van der Waals surface area contributed by atoms with Crippen molar-refractivity contribution >= 4 is 22.6 Å². The van der Waals surface area contributed by atoms with Gasteiger partial charge in [-0.05, 0) is 29.2 Å². The molecule has 6 rings (SSSR count). The Labute approximate surface area is 250 Å². The van der Waals surface area contributed by atoms with Crippen molar-refractivity contribution in [2.75, 3.05) is 13.3 Å². The van der Waals surface area contributed by atoms with Gasteiger partial charge in [0.05, 0.1) is 56.0 Å². The molecule has 2 heterocycles. The number of hydrogen-bond donors (Lipinski definition) is 0. The quantitative estimate of drug-likeness (QED) is 0.143. The molecular weight excluding hydrogens is 553 g/mol. The molecule has 1 saturated carbocycles. The highest BCUT2D eigenvalue weighted by Crippen LogP contribution is 2.50. The highest BCUT2D eigenvalue weighted by atomic mass is 35.5. The van der Waals surface area contributed by atoms with E-state index in [2.05, 4.69) is 9.97 Å². The molecule has 5 aromatic rings. The molecule has 0 aliphatic heterocycles. The average molecular weight is 586 g/mol. The van der Waals surface area contributed by atoms with Crippen LogP contribution in [0.2, 0.25) is 5.15 Å². The molecule has 1 aliphatic carbocycles. The Balaban J connectivity index is 1.36. The molecule has 0 radical (unpaired) electrons. The maximum atomic E-state index is 15.5. The Bertz CT molecular complexity index is 1570. The second-order valence-electron chi connectivity index (χ2n) is 10.8. The molecule has 1 aliphatic rings. The lowest BCUT2D eigenvalue weighted by Gasteiger charge is -2.34. The Kier molecular flexibility index (Phi) is 8.91. The van der Waals surface area contributed by atoms with Crippen LogP contribution in [0.5, 0.6) is 0 Å². The molecule has 2 aromatic heterocycles. The van der Waals surface area contributed by atoms with Crippen LogP contribution in [-0.2, 0) is 34.0 Å². The summed E-state index contributed by atoms with van der Waals surface area (Å²) in [4.78, 5) is 8.68. The van der Waals surface area contributed by atoms with Gasteiger partial charge in [-0.15, -0.1) is 0 Å². The number of rotatable bonds is 12. The third-order valence-corrected chi connectivity index (χ3v) is 8.34. The first-order valence-electron chi connectivity index (χ1n) is 14.1. The van der Waals surface area contributed by atoms with Crippen molar-refractivity contribution in [3.8, 4) is 0 Å². The van der Waals surface area contributed by atoms with Crippen LogP contribution in [-0.4, -0.2) is 40.0 Å². The van der Waals surface area contributed by atoms with E-state index < -0.39 is 24.3 Å². The number of ether oxygens (including phenoxy) is 3. The number of hydrogen-bond acceptors (Lipinski definition) is 5. The van der Waals surface area contributed by atoms with E-state index in [-0.39, 0.29) is 12.6 Å². The van der Waals surface area contributed by atoms with Crippen molar-refractivity contribution in [3.05, 3.63) is 131 Å². The predicted molar refractivity (Wildman–Crippen MR) is 161 cm³/mol. The number of aromatic nitrogens is 3. The Morgan fingerprint density at radius 1 is 0.786 bits per heavy atom. The average Bonchev–Trinajstić information content (AvgIpc) is 3.60. The maximum Gasteiger partial charge on any atom is 0.145 e. The van der Waals surface area contributed by atoms with Gasteiger partial charge in [0.25, 0.3) is 0 Å². The van der Waals surface area contributed by atoms with Crippen LogP contribution in [0, 0.1) is 5.41 Å². The third-order valence-electron chi connectivity index (χ3n) is 8.04. The minimum Gasteiger partial charge on any atom is -0.376 e. The van der Waals surface area contributed by atoms with E-state index in [4.69, 9.17) is 25.8 Å². The molecule has 6 nitrogen and oxygen atoms in total. The van der Waals surface area contributed by atoms with Crippen molar-refractivity contribution in [1.29, 1.82) is 0 Å². The largest absolute Gasteiger partial charge is 0.376 e. The number of fused-ring (bicyclic) bond motifs is 1. The van der Waals surface area contributed by atoms with E-state index in [1.165, 1.54) is 6.33 Å². The molecule has 0 saturated heterocycles. The van der Waals surface area contributed by atoms with Gasteiger partial charge in [-0.3, -0.25) is 4.39 Å². The summed E-state index contributed by atoms with van der Waals surface area (Å²) in [6.45, 7) is 0.607. The molecule has 216 valence electrons. The fourth-order valence-corrected chi connectivity index (χ4v) is 6.11. The lowest BCUT2D eigenvalue weighted by atomic mass is 9.85. The van der Waals surface area contributed by atoms with E-state index in [9.17, 15) is 0 Å². The molecule has 0 amide bonds. The molecule has 0 bridgehead atoms. The summed E-state index contributed by atoms with van der Waals surface area (Å²) in [5, 5.41) is 1.11. The van der Waals surface area contributed by atoms with Crippen LogP contribution in [0.3, 0.4) is 0 Å². The smallest absolute Gasteiger partial charge is 0.145 e. The van der Waals surface area contributed by atoms with Crippen LogP contribution < -0.4 is 0 Å². The number of nitrogens with zero attached hydrogens (tertiary/aromatic N) is 3. The number of halogens is 2. The first-order chi connectivity index (χ1) is 20.7. The first kappa shape index (κ1) is 28.5. The van der Waals surface area contributed by atoms with Crippen LogP contribution >= 0.6 is 11.6 Å². The van der Waals surface area contributed by atoms with Gasteiger partial charge in [-0.1, -0.05) is 103 Å². The number of benzene rings is 3. The van der Waals surface area contributed by atoms with Crippen molar-refractivity contribution in [1.82, 2.24) is 14.5 Å². The summed E-state index contributed by atoms with van der Waals surface area (Å²) >= 11 is 6.41. The van der Waals surface area contributed by atoms with Gasteiger partial charge in [0.15, 0.2) is 0 Å². The second-order valence-corrected chi connectivity index (χ2v) is 11.2. The Morgan fingerprint density at radius 2 is 1.38 bits per heavy atom. The molecule has 42 heavy (non-hydrogen) atoms. The van der Waals surface area contributed by atoms with Crippen LogP contribution in [0.15, 0.2) is 110 Å². The highest BCUT2D eigenvalue weighted by Gasteiger charge is 2.56. The molecular formula is C34H33ClFN3O3. The third kappa shape index (κ3) is 6.10. The lowest BCUT2D eigenvalue weighted by molar-refractivity contribution is -0.137. The van der Waals surface area contributed by atoms with E-state index in [0.29, 0.717) is 37.0 Å². The van der Waals surface area contributed by atoms with Gasteiger partial charge in [0.2, 0.25) is 0 Å². The summed E-state index contributed by atoms with van der Waals surface area (Å²) in [6.07, 6.45) is 2.73. The molecule has 0 N–H and O–H groups in total. The fourth-order valence-electron chi connectivity index (χ4n) is 5.92. The van der Waals surface area contributed by atoms with Gasteiger partial charge >= 0.3 is 0 Å². The maximum absolute atomic E-state index is 15.5. The lowest BCUT2D eigenvalue weighted by Crippen LogP contribution is -2.44. The minimum absolute atomic E-state index is 0.175. The predicted octanol–water partition coefficient (Wildman–Crippen LogP) is 7.37. The molecule has 0 unspecified atom stereocenters. The summed E-state index contributed by atoms with van der Waals surface area (Å²) in [5.41, 5.74) is 2.78. The minimum atomic E-state index is -0.955. The van der Waals surface area contributed by atoms with Crippen molar-refractivity contribution in [2.24, 2.45) is 5.41 Å². The standard InChI is InChI=1S/C34H33ClFN3O3/c35-32-28-16-17-39(33(28)38-24-37-32)29-18-34(22-36,23-40-19-25-10-4-1-5-11-25)31(42-21-27-14-8-3-9-15-27)30(29)41-20-26-12-6-2-7-13-26/h1-17,24,29-31H,18-23H2/t29-,30+,31+,34+/m1/s1. The van der Waals surface area contributed by atoms with Gasteiger partial charge in [0.1, 0.15) is 23.2 Å². The van der Waals surface area contributed by atoms with E-state index >= 15 is 4.39 Å². The van der Waals surface area contributed by atoms with Gasteiger partial charge in [-0.25, -0.2) is 9.97 Å². The molecule has 0 spiro atoms. The Hall–Kier alpha value is -3.62. The Morgan fingerprint density at radius 3 is 2.00 bits per heavy atom. The zero-order chi connectivity index (χ0) is 28.8. The monoisotopic (exact) mass is 585 g/mol. The second kappa shape index (κ2) is 13.1. The first-order valence-corrected chi connectivity index (χ1v) is 14.5. The molecule has 1 fully saturated rings. The van der Waals surface area contributed by atoms with Crippen LogP contribution in [0.4, 0.5) is 4.39 Å². The summed E-state index contributed by atoms with van der Waals surface area (Å²) in [7, 11) is 0. The van der Waals surface area contributed by atoms with Crippen LogP contribution in [0.1, 0.15) is 29.2 Å². The SMILES string of the molecule is FC[C@]1(COCc2ccccc2)C[C@@H](n2ccc3c(Cl)ncnc32)[C@H](OCc2ccccc2)[C@@H]1OCc1ccccc1. The number of alkyl halides is 1. The van der Waals surface area contributed by atoms with E-state index in [1.807, 2.05) is 108 Å². The topological polar surface area (TPSA) is 58.4 Å². The molecule has 4 atom stereocenters. The summed E-state index contributed by atoms with van der Waals surface area (Å²) in [6, 6.07) is 31.4. The normalized spacial score (nSPS) is 22.1. The van der Waals surface area contributed by atoms with Crippen molar-refractivity contribution < 1.29 is 18.6 Å². The van der Waals surface area contributed by atoms with Gasteiger partial charge < -0.3 is 18.8 Å². The van der Waals surface area contributed by atoms with Gasteiger partial charge in [-0.2, -0.15) is 0 Å². The summed E-state index contributed by atoms with van der Waals surface area (Å²) < 4.78 is 37.1. The zero-order valence-corrected chi connectivity index (χ0v) is 23.9. The van der Waals surface area contributed by atoms with E-state index in [1.54, 1.807) is 0 Å². The van der Waals surface area contributed by atoms with Crippen molar-refractivity contribution in [3.63, 3.8) is 0 Å². The molecule has 3 aromatic carbocycles. The fraction of sp³-hybridized carbons (Fsp3) is 0.294. The van der Waals surface area contributed by atoms with Gasteiger partial charge in [0, 0.05) is 6.20 Å². The van der Waals surface area contributed by atoms with E-state index in [0.717, 1.165) is 22.1 Å². The van der Waals surface area contributed by atoms with Crippen LogP contribution in [0.25, 0.3) is 11.0 Å². The summed E-state index contributed by atoms with van der Waals surface area (Å²) in [5.74, 6) is 0.